The molecule has 2 aromatic carbocycles. The monoisotopic (exact) mass is 416 g/mol. The van der Waals surface area contributed by atoms with Crippen molar-refractivity contribution in [2.24, 2.45) is 0 Å². The van der Waals surface area contributed by atoms with Gasteiger partial charge in [0.05, 0.1) is 5.69 Å². The van der Waals surface area contributed by atoms with E-state index in [2.05, 4.69) is 26.2 Å². The summed E-state index contributed by atoms with van der Waals surface area (Å²) >= 11 is 4.90. The molecule has 0 saturated heterocycles. The summed E-state index contributed by atoms with van der Waals surface area (Å²) in [4.78, 5) is 17.7. The lowest BCUT2D eigenvalue weighted by molar-refractivity contribution is -0.118. The Morgan fingerprint density at radius 3 is 2.68 bits per heavy atom. The first-order valence-corrected chi connectivity index (χ1v) is 9.35. The summed E-state index contributed by atoms with van der Waals surface area (Å²) < 4.78 is 6.55. The van der Waals surface area contributed by atoms with E-state index < -0.39 is 0 Å². The Kier molecular flexibility index (Phi) is 5.50. The molecule has 0 bridgehead atoms. The molecule has 0 spiro atoms. The van der Waals surface area contributed by atoms with Gasteiger partial charge in [0.1, 0.15) is 5.75 Å². The Morgan fingerprint density at radius 2 is 1.96 bits per heavy atom. The zero-order valence-electron chi connectivity index (χ0n) is 13.9. The highest BCUT2D eigenvalue weighted by molar-refractivity contribution is 9.10. The van der Waals surface area contributed by atoms with E-state index in [1.54, 1.807) is 0 Å². The van der Waals surface area contributed by atoms with Gasteiger partial charge in [-0.25, -0.2) is 4.98 Å². The molecule has 0 aliphatic rings. The van der Waals surface area contributed by atoms with Crippen LogP contribution in [0.3, 0.4) is 0 Å². The van der Waals surface area contributed by atoms with Gasteiger partial charge in [0.25, 0.3) is 5.91 Å². The van der Waals surface area contributed by atoms with Gasteiger partial charge in [-0.15, -0.1) is 11.3 Å². The number of nitrogens with one attached hydrogen (secondary N) is 1. The molecule has 1 N–H and O–H groups in total. The van der Waals surface area contributed by atoms with Crippen LogP contribution < -0.4 is 10.1 Å². The van der Waals surface area contributed by atoms with Crippen molar-refractivity contribution >= 4 is 38.3 Å². The van der Waals surface area contributed by atoms with Gasteiger partial charge >= 0.3 is 0 Å². The fourth-order valence-electron chi connectivity index (χ4n) is 2.32. The van der Waals surface area contributed by atoms with E-state index in [0.717, 1.165) is 26.2 Å². The number of benzene rings is 2. The topological polar surface area (TPSA) is 51.2 Å². The predicted molar refractivity (Wildman–Crippen MR) is 105 cm³/mol. The number of ether oxygens (including phenoxy) is 1. The summed E-state index contributed by atoms with van der Waals surface area (Å²) in [5.41, 5.74) is 2.99. The van der Waals surface area contributed by atoms with Crippen molar-refractivity contribution in [3.8, 4) is 17.0 Å². The molecule has 0 saturated carbocycles. The predicted octanol–water partition coefficient (Wildman–Crippen LogP) is 5.21. The molecule has 1 heterocycles. The van der Waals surface area contributed by atoms with Crippen molar-refractivity contribution in [3.63, 3.8) is 0 Å². The number of aromatic nitrogens is 1. The summed E-state index contributed by atoms with van der Waals surface area (Å²) in [6.45, 7) is 3.91. The standard InChI is InChI=1S/C19H17BrN2O2S/c1-12-10-15(8-9-16(12)20)24-11-17(23)21-19-22-18(13(2)25-19)14-6-4-3-5-7-14/h3-10H,11H2,1-2H3,(H,21,22,23). The second kappa shape index (κ2) is 7.80. The van der Waals surface area contributed by atoms with Crippen LogP contribution in [0.25, 0.3) is 11.3 Å². The van der Waals surface area contributed by atoms with E-state index in [9.17, 15) is 4.79 Å². The molecular weight excluding hydrogens is 400 g/mol. The third-order valence-electron chi connectivity index (χ3n) is 3.59. The first-order valence-electron chi connectivity index (χ1n) is 7.74. The SMILES string of the molecule is Cc1cc(OCC(=O)Nc2nc(-c3ccccc3)c(C)s2)ccc1Br. The van der Waals surface area contributed by atoms with Gasteiger partial charge in [0, 0.05) is 14.9 Å². The van der Waals surface area contributed by atoms with E-state index in [0.29, 0.717) is 10.9 Å². The van der Waals surface area contributed by atoms with E-state index in [-0.39, 0.29) is 12.5 Å². The molecule has 0 fully saturated rings. The number of hydrogen-bond donors (Lipinski definition) is 1. The number of carbonyl (C=O) groups is 1. The quantitative estimate of drug-likeness (QED) is 0.620. The van der Waals surface area contributed by atoms with Crippen molar-refractivity contribution in [2.45, 2.75) is 13.8 Å². The van der Waals surface area contributed by atoms with Crippen LogP contribution in [-0.2, 0) is 4.79 Å². The van der Waals surface area contributed by atoms with Crippen LogP contribution in [0.5, 0.6) is 5.75 Å². The van der Waals surface area contributed by atoms with Crippen molar-refractivity contribution in [1.82, 2.24) is 4.98 Å². The Hall–Kier alpha value is -2.18. The minimum absolute atomic E-state index is 0.0552. The number of anilines is 1. The number of carbonyl (C=O) groups excluding carboxylic acids is 1. The Balaban J connectivity index is 1.62. The summed E-state index contributed by atoms with van der Waals surface area (Å²) in [6.07, 6.45) is 0. The maximum atomic E-state index is 12.1. The molecule has 0 atom stereocenters. The largest absolute Gasteiger partial charge is 0.484 e. The molecule has 0 unspecified atom stereocenters. The van der Waals surface area contributed by atoms with E-state index in [1.807, 2.05) is 62.4 Å². The molecule has 0 aliphatic carbocycles. The summed E-state index contributed by atoms with van der Waals surface area (Å²) in [7, 11) is 0. The molecule has 1 amide bonds. The van der Waals surface area contributed by atoms with Gasteiger partial charge in [-0.05, 0) is 37.6 Å². The molecule has 1 aromatic heterocycles. The normalized spacial score (nSPS) is 10.5. The molecule has 3 aromatic rings. The number of halogens is 1. The van der Waals surface area contributed by atoms with Crippen LogP contribution in [0.1, 0.15) is 10.4 Å². The Morgan fingerprint density at radius 1 is 1.20 bits per heavy atom. The third-order valence-corrected chi connectivity index (χ3v) is 5.37. The number of rotatable bonds is 5. The fourth-order valence-corrected chi connectivity index (χ4v) is 3.42. The zero-order valence-corrected chi connectivity index (χ0v) is 16.3. The van der Waals surface area contributed by atoms with Crippen molar-refractivity contribution in [1.29, 1.82) is 0 Å². The summed E-state index contributed by atoms with van der Waals surface area (Å²) in [6, 6.07) is 15.5. The molecule has 3 rings (SSSR count). The van der Waals surface area contributed by atoms with Crippen molar-refractivity contribution in [2.75, 3.05) is 11.9 Å². The third kappa shape index (κ3) is 4.46. The summed E-state index contributed by atoms with van der Waals surface area (Å²) in [5, 5.41) is 3.38. The number of amides is 1. The second-order valence-corrected chi connectivity index (χ2v) is 7.60. The second-order valence-electron chi connectivity index (χ2n) is 5.54. The Bertz CT molecular complexity index is 894. The first-order chi connectivity index (χ1) is 12.0. The van der Waals surface area contributed by atoms with E-state index >= 15 is 0 Å². The van der Waals surface area contributed by atoms with Crippen LogP contribution in [0, 0.1) is 13.8 Å². The van der Waals surface area contributed by atoms with Gasteiger partial charge < -0.3 is 4.74 Å². The molecule has 0 aliphatic heterocycles. The fraction of sp³-hybridized carbons (Fsp3) is 0.158. The van der Waals surface area contributed by atoms with Crippen LogP contribution in [0.15, 0.2) is 53.0 Å². The average Bonchev–Trinajstić information content (AvgIpc) is 2.97. The van der Waals surface area contributed by atoms with E-state index in [4.69, 9.17) is 4.74 Å². The maximum Gasteiger partial charge on any atom is 0.264 e. The van der Waals surface area contributed by atoms with Gasteiger partial charge in [-0.2, -0.15) is 0 Å². The van der Waals surface area contributed by atoms with Crippen LogP contribution in [-0.4, -0.2) is 17.5 Å². The lowest BCUT2D eigenvalue weighted by Crippen LogP contribution is -2.20. The maximum absolute atomic E-state index is 12.1. The number of aryl methyl sites for hydroxylation is 2. The lowest BCUT2D eigenvalue weighted by Gasteiger charge is -2.07. The number of hydrogen-bond acceptors (Lipinski definition) is 4. The highest BCUT2D eigenvalue weighted by Crippen LogP contribution is 2.30. The highest BCUT2D eigenvalue weighted by atomic mass is 79.9. The minimum Gasteiger partial charge on any atom is -0.484 e. The molecular formula is C19H17BrN2O2S. The van der Waals surface area contributed by atoms with Gasteiger partial charge in [-0.3, -0.25) is 10.1 Å². The summed E-state index contributed by atoms with van der Waals surface area (Å²) in [5.74, 6) is 0.435. The van der Waals surface area contributed by atoms with Gasteiger partial charge in [0.15, 0.2) is 11.7 Å². The smallest absolute Gasteiger partial charge is 0.264 e. The number of nitrogens with zero attached hydrogens (tertiary/aromatic N) is 1. The minimum atomic E-state index is -0.228. The van der Waals surface area contributed by atoms with Crippen LogP contribution in [0.2, 0.25) is 0 Å². The molecule has 25 heavy (non-hydrogen) atoms. The zero-order chi connectivity index (χ0) is 17.8. The van der Waals surface area contributed by atoms with E-state index in [1.165, 1.54) is 11.3 Å². The molecule has 6 heteroatoms. The Labute approximate surface area is 159 Å². The van der Waals surface area contributed by atoms with Crippen molar-refractivity contribution < 1.29 is 9.53 Å². The van der Waals surface area contributed by atoms with Gasteiger partial charge in [-0.1, -0.05) is 46.3 Å². The number of thiazole rings is 1. The molecule has 128 valence electrons. The first kappa shape index (κ1) is 17.6. The molecule has 4 nitrogen and oxygen atoms in total. The average molecular weight is 417 g/mol. The highest BCUT2D eigenvalue weighted by Gasteiger charge is 2.12. The van der Waals surface area contributed by atoms with Gasteiger partial charge in [0.2, 0.25) is 0 Å². The van der Waals surface area contributed by atoms with Crippen LogP contribution in [0.4, 0.5) is 5.13 Å². The molecule has 0 radical (unpaired) electrons. The van der Waals surface area contributed by atoms with Crippen molar-refractivity contribution in [3.05, 3.63) is 63.4 Å². The van der Waals surface area contributed by atoms with Crippen LogP contribution >= 0.6 is 27.3 Å². The lowest BCUT2D eigenvalue weighted by atomic mass is 10.1.